The minimum Gasteiger partial charge on any atom is -0.506 e. The van der Waals surface area contributed by atoms with Gasteiger partial charge in [-0.1, -0.05) is 0 Å². The Labute approximate surface area is 79.9 Å². The maximum atomic E-state index is 9.38. The molecule has 0 bridgehead atoms. The van der Waals surface area contributed by atoms with Crippen LogP contribution in [0.5, 0.6) is 5.75 Å². The van der Waals surface area contributed by atoms with Gasteiger partial charge in [0.2, 0.25) is 0 Å². The molecule has 1 heterocycles. The fourth-order valence-electron chi connectivity index (χ4n) is 0.997. The molecule has 0 fully saturated rings. The van der Waals surface area contributed by atoms with Gasteiger partial charge in [0.1, 0.15) is 5.75 Å². The lowest BCUT2D eigenvalue weighted by Crippen LogP contribution is -1.98. The highest BCUT2D eigenvalue weighted by atomic mass is 31.0. The van der Waals surface area contributed by atoms with E-state index < -0.39 is 0 Å². The molecular weight excluding hydrogens is 189 g/mol. The van der Waals surface area contributed by atoms with Gasteiger partial charge in [0, 0.05) is 17.3 Å². The SMILES string of the molecule is Cc1ncc(CO)c(CO)c1O.P. The van der Waals surface area contributed by atoms with Gasteiger partial charge in [-0.2, -0.15) is 9.90 Å². The molecule has 1 rings (SSSR count). The van der Waals surface area contributed by atoms with Gasteiger partial charge in [-0.25, -0.2) is 0 Å². The van der Waals surface area contributed by atoms with E-state index in [9.17, 15) is 5.11 Å². The predicted octanol–water partition coefficient (Wildman–Crippen LogP) is 0.138. The van der Waals surface area contributed by atoms with Crippen LogP contribution in [0.1, 0.15) is 16.8 Å². The number of aromatic hydroxyl groups is 1. The second kappa shape index (κ2) is 5.12. The van der Waals surface area contributed by atoms with Crippen LogP contribution in [0.15, 0.2) is 6.20 Å². The topological polar surface area (TPSA) is 73.6 Å². The second-order valence-corrected chi connectivity index (χ2v) is 2.51. The van der Waals surface area contributed by atoms with E-state index in [1.165, 1.54) is 6.20 Å². The molecule has 0 aliphatic rings. The molecule has 0 aliphatic carbocycles. The minimum absolute atomic E-state index is 0. The molecule has 0 aliphatic heterocycles. The van der Waals surface area contributed by atoms with E-state index in [1.807, 2.05) is 0 Å². The number of hydrogen-bond acceptors (Lipinski definition) is 4. The standard InChI is InChI=1S/C8H11NO3.H3P/c1-5-8(12)7(4-11)6(3-10)2-9-5;/h2,10-12H,3-4H2,1H3;1H3. The van der Waals surface area contributed by atoms with Gasteiger partial charge in [-0.15, -0.1) is 0 Å². The van der Waals surface area contributed by atoms with Crippen LogP contribution in [0.2, 0.25) is 0 Å². The van der Waals surface area contributed by atoms with Gasteiger partial charge in [-0.3, -0.25) is 4.98 Å². The first-order valence-corrected chi connectivity index (χ1v) is 3.58. The van der Waals surface area contributed by atoms with Crippen LogP contribution in [0.3, 0.4) is 0 Å². The molecule has 5 heteroatoms. The van der Waals surface area contributed by atoms with Crippen LogP contribution < -0.4 is 0 Å². The maximum absolute atomic E-state index is 9.38. The number of pyridine rings is 1. The fraction of sp³-hybridized carbons (Fsp3) is 0.375. The predicted molar refractivity (Wildman–Crippen MR) is 53.6 cm³/mol. The Balaban J connectivity index is 0.00000144. The lowest BCUT2D eigenvalue weighted by Gasteiger charge is -2.07. The summed E-state index contributed by atoms with van der Waals surface area (Å²) in [6, 6.07) is 0. The largest absolute Gasteiger partial charge is 0.506 e. The molecule has 0 saturated carbocycles. The Kier molecular flexibility index (Phi) is 4.85. The molecule has 4 nitrogen and oxygen atoms in total. The van der Waals surface area contributed by atoms with Crippen molar-refractivity contribution in [3.63, 3.8) is 0 Å². The Hall–Kier alpha value is -0.700. The Bertz CT molecular complexity index is 291. The molecule has 1 unspecified atom stereocenters. The van der Waals surface area contributed by atoms with Gasteiger partial charge in [0.25, 0.3) is 0 Å². The van der Waals surface area contributed by atoms with Crippen LogP contribution in [0, 0.1) is 6.92 Å². The molecule has 1 atom stereocenters. The van der Waals surface area contributed by atoms with E-state index in [4.69, 9.17) is 10.2 Å². The molecule has 0 aromatic carbocycles. The van der Waals surface area contributed by atoms with Crippen molar-refractivity contribution in [2.24, 2.45) is 0 Å². The number of aliphatic hydroxyl groups is 2. The Morgan fingerprint density at radius 3 is 2.38 bits per heavy atom. The van der Waals surface area contributed by atoms with Crippen LogP contribution in [0.25, 0.3) is 0 Å². The molecule has 0 saturated heterocycles. The lowest BCUT2D eigenvalue weighted by atomic mass is 10.1. The fourth-order valence-corrected chi connectivity index (χ4v) is 0.997. The highest BCUT2D eigenvalue weighted by Gasteiger charge is 2.09. The van der Waals surface area contributed by atoms with E-state index in [2.05, 4.69) is 4.98 Å². The van der Waals surface area contributed by atoms with Gasteiger partial charge < -0.3 is 15.3 Å². The summed E-state index contributed by atoms with van der Waals surface area (Å²) in [6.45, 7) is 1.12. The van der Waals surface area contributed by atoms with Gasteiger partial charge in [-0.05, 0) is 6.92 Å². The Morgan fingerprint density at radius 1 is 1.31 bits per heavy atom. The normalized spacial score (nSPS) is 9.46. The van der Waals surface area contributed by atoms with Crippen LogP contribution >= 0.6 is 9.90 Å². The first-order chi connectivity index (χ1) is 5.70. The second-order valence-electron chi connectivity index (χ2n) is 2.51. The summed E-state index contributed by atoms with van der Waals surface area (Å²) in [4.78, 5) is 3.84. The average molecular weight is 203 g/mol. The number of nitrogens with zero attached hydrogens (tertiary/aromatic N) is 1. The quantitative estimate of drug-likeness (QED) is 0.598. The van der Waals surface area contributed by atoms with Crippen LogP contribution in [-0.2, 0) is 13.2 Å². The summed E-state index contributed by atoms with van der Waals surface area (Å²) in [5.41, 5.74) is 1.27. The Morgan fingerprint density at radius 2 is 1.92 bits per heavy atom. The smallest absolute Gasteiger partial charge is 0.142 e. The third-order valence-corrected chi connectivity index (χ3v) is 1.76. The van der Waals surface area contributed by atoms with Gasteiger partial charge in [0.15, 0.2) is 0 Å². The van der Waals surface area contributed by atoms with Crippen LogP contribution in [-0.4, -0.2) is 20.3 Å². The van der Waals surface area contributed by atoms with Crippen molar-refractivity contribution >= 4 is 9.90 Å². The third-order valence-electron chi connectivity index (χ3n) is 1.76. The molecule has 1 aromatic rings. The van der Waals surface area contributed by atoms with Crippen molar-refractivity contribution in [3.05, 3.63) is 23.0 Å². The molecule has 1 aromatic heterocycles. The van der Waals surface area contributed by atoms with Crippen molar-refractivity contribution in [1.29, 1.82) is 0 Å². The zero-order valence-corrected chi connectivity index (χ0v) is 8.90. The van der Waals surface area contributed by atoms with Crippen molar-refractivity contribution in [1.82, 2.24) is 4.98 Å². The summed E-state index contributed by atoms with van der Waals surface area (Å²) in [5, 5.41) is 27.0. The summed E-state index contributed by atoms with van der Waals surface area (Å²) in [6.07, 6.45) is 1.45. The summed E-state index contributed by atoms with van der Waals surface area (Å²) < 4.78 is 0. The first-order valence-electron chi connectivity index (χ1n) is 3.58. The van der Waals surface area contributed by atoms with E-state index in [0.717, 1.165) is 0 Å². The average Bonchev–Trinajstić information content (AvgIpc) is 2.09. The van der Waals surface area contributed by atoms with E-state index in [-0.39, 0.29) is 28.9 Å². The molecule has 0 spiro atoms. The van der Waals surface area contributed by atoms with E-state index >= 15 is 0 Å². The maximum Gasteiger partial charge on any atom is 0.142 e. The summed E-state index contributed by atoms with van der Waals surface area (Å²) >= 11 is 0. The van der Waals surface area contributed by atoms with Gasteiger partial charge >= 0.3 is 0 Å². The van der Waals surface area contributed by atoms with Crippen molar-refractivity contribution in [2.75, 3.05) is 0 Å². The highest BCUT2D eigenvalue weighted by Crippen LogP contribution is 2.23. The lowest BCUT2D eigenvalue weighted by molar-refractivity contribution is 0.254. The molecule has 3 N–H and O–H groups in total. The molecule has 74 valence electrons. The van der Waals surface area contributed by atoms with E-state index in [0.29, 0.717) is 16.8 Å². The monoisotopic (exact) mass is 203 g/mol. The van der Waals surface area contributed by atoms with Crippen molar-refractivity contribution in [3.8, 4) is 5.75 Å². The zero-order valence-electron chi connectivity index (χ0n) is 7.49. The molecule has 0 amide bonds. The van der Waals surface area contributed by atoms with Crippen LogP contribution in [0.4, 0.5) is 0 Å². The molecular formula is C8H14NO3P. The molecule has 13 heavy (non-hydrogen) atoms. The number of rotatable bonds is 2. The minimum atomic E-state index is -0.287. The number of aromatic nitrogens is 1. The van der Waals surface area contributed by atoms with Crippen molar-refractivity contribution in [2.45, 2.75) is 20.1 Å². The third kappa shape index (κ3) is 2.37. The molecule has 0 radical (unpaired) electrons. The summed E-state index contributed by atoms with van der Waals surface area (Å²) in [7, 11) is 0. The summed E-state index contributed by atoms with van der Waals surface area (Å²) in [5.74, 6) is -0.0379. The number of hydrogen-bond donors (Lipinski definition) is 3. The van der Waals surface area contributed by atoms with Crippen molar-refractivity contribution < 1.29 is 15.3 Å². The number of aryl methyl sites for hydroxylation is 1. The highest BCUT2D eigenvalue weighted by molar-refractivity contribution is 6.92. The van der Waals surface area contributed by atoms with E-state index in [1.54, 1.807) is 6.92 Å². The number of aliphatic hydroxyl groups excluding tert-OH is 2. The zero-order chi connectivity index (χ0) is 9.14. The first kappa shape index (κ1) is 12.3. The van der Waals surface area contributed by atoms with Gasteiger partial charge in [0.05, 0.1) is 18.9 Å².